The lowest BCUT2D eigenvalue weighted by atomic mass is 9.97. The molecule has 2 amide bonds. The number of amides is 2. The topological polar surface area (TPSA) is 62.0 Å². The second kappa shape index (κ2) is 5.72. The van der Waals surface area contributed by atoms with Gasteiger partial charge in [0.2, 0.25) is 0 Å². The molecule has 1 saturated heterocycles. The van der Waals surface area contributed by atoms with Crippen LogP contribution in [0.1, 0.15) is 10.4 Å². The predicted molar refractivity (Wildman–Crippen MR) is 94.4 cm³/mol. The minimum absolute atomic E-state index is 0.306. The molecular formula is C17H12N2O2S2. The number of nitrogens with one attached hydrogen (secondary N) is 2. The Balaban J connectivity index is 1.92. The number of allylic oxidation sites excluding steroid dienone is 1. The molecule has 0 aliphatic carbocycles. The first-order valence-corrected chi connectivity index (χ1v) is 8.77. The van der Waals surface area contributed by atoms with Gasteiger partial charge in [-0.05, 0) is 46.5 Å². The van der Waals surface area contributed by atoms with Crippen molar-refractivity contribution in [3.8, 4) is 0 Å². The van der Waals surface area contributed by atoms with E-state index in [0.29, 0.717) is 11.3 Å². The van der Waals surface area contributed by atoms with Crippen LogP contribution in [0.3, 0.4) is 0 Å². The molecule has 3 aromatic rings. The van der Waals surface area contributed by atoms with Crippen molar-refractivity contribution in [2.24, 2.45) is 0 Å². The van der Waals surface area contributed by atoms with E-state index in [9.17, 15) is 9.59 Å². The van der Waals surface area contributed by atoms with Crippen molar-refractivity contribution in [2.45, 2.75) is 6.42 Å². The van der Waals surface area contributed by atoms with Crippen LogP contribution < -0.4 is 5.32 Å². The van der Waals surface area contributed by atoms with E-state index in [1.807, 2.05) is 48.0 Å². The monoisotopic (exact) mass is 340 g/mol. The van der Waals surface area contributed by atoms with E-state index >= 15 is 0 Å². The number of fused-ring (bicyclic) bond motifs is 1. The summed E-state index contributed by atoms with van der Waals surface area (Å²) >= 11 is 2.63. The first-order valence-electron chi connectivity index (χ1n) is 7.07. The first-order chi connectivity index (χ1) is 11.2. The number of hydrogen-bond donors (Lipinski definition) is 2. The van der Waals surface area contributed by atoms with Gasteiger partial charge in [0.15, 0.2) is 0 Å². The van der Waals surface area contributed by atoms with Crippen LogP contribution in [0.15, 0.2) is 52.9 Å². The van der Waals surface area contributed by atoms with E-state index in [1.54, 1.807) is 11.3 Å². The number of imide groups is 1. The lowest BCUT2D eigenvalue weighted by Gasteiger charge is -2.10. The molecule has 6 heteroatoms. The average molecular weight is 340 g/mol. The largest absolute Gasteiger partial charge is 0.361 e. The Bertz CT molecular complexity index is 939. The van der Waals surface area contributed by atoms with Gasteiger partial charge in [-0.1, -0.05) is 18.2 Å². The van der Waals surface area contributed by atoms with Gasteiger partial charge in [-0.3, -0.25) is 14.9 Å². The van der Waals surface area contributed by atoms with Crippen LogP contribution in [0.25, 0.3) is 16.5 Å². The zero-order valence-electron chi connectivity index (χ0n) is 12.0. The number of thiophene rings is 1. The van der Waals surface area contributed by atoms with Gasteiger partial charge in [0.25, 0.3) is 11.1 Å². The highest BCUT2D eigenvalue weighted by atomic mass is 32.2. The van der Waals surface area contributed by atoms with E-state index in [4.69, 9.17) is 0 Å². The number of H-pyrrole nitrogens is 1. The third kappa shape index (κ3) is 2.60. The number of rotatable bonds is 3. The predicted octanol–water partition coefficient (Wildman–Crippen LogP) is 4.17. The van der Waals surface area contributed by atoms with Crippen molar-refractivity contribution in [1.29, 1.82) is 0 Å². The molecule has 0 spiro atoms. The molecule has 3 heterocycles. The number of carbonyl (C=O) groups is 2. The molecule has 0 bridgehead atoms. The number of benzene rings is 1. The minimum atomic E-state index is -0.310. The third-order valence-electron chi connectivity index (χ3n) is 3.74. The summed E-state index contributed by atoms with van der Waals surface area (Å²) in [6, 6.07) is 12.0. The highest BCUT2D eigenvalue weighted by Gasteiger charge is 2.29. The summed E-state index contributed by atoms with van der Waals surface area (Å²) in [6.45, 7) is 0. The van der Waals surface area contributed by atoms with E-state index in [1.165, 1.54) is 0 Å². The Labute approximate surface area is 140 Å². The molecule has 0 radical (unpaired) electrons. The van der Waals surface area contributed by atoms with Crippen LogP contribution in [0.4, 0.5) is 4.79 Å². The maximum absolute atomic E-state index is 12.2. The zero-order valence-corrected chi connectivity index (χ0v) is 13.6. The smallest absolute Gasteiger partial charge is 0.290 e. The number of thioether (sulfide) groups is 1. The maximum atomic E-state index is 12.2. The molecule has 114 valence electrons. The fraction of sp³-hybridized carbons (Fsp3) is 0.0588. The minimum Gasteiger partial charge on any atom is -0.361 e. The first kappa shape index (κ1) is 14.3. The van der Waals surface area contributed by atoms with E-state index in [-0.39, 0.29) is 11.1 Å². The van der Waals surface area contributed by atoms with Crippen molar-refractivity contribution in [3.05, 3.63) is 63.3 Å². The SMILES string of the molecule is O=C1NC(=O)C(=C(Cc2cccs2)c2cccc3[nH]ccc23)S1. The maximum Gasteiger partial charge on any atom is 0.290 e. The number of aromatic nitrogens is 1. The highest BCUT2D eigenvalue weighted by molar-refractivity contribution is 8.18. The van der Waals surface area contributed by atoms with Crippen LogP contribution >= 0.6 is 23.1 Å². The Morgan fingerprint density at radius 3 is 2.74 bits per heavy atom. The van der Waals surface area contributed by atoms with Gasteiger partial charge < -0.3 is 4.98 Å². The molecular weight excluding hydrogens is 328 g/mol. The number of hydrogen-bond acceptors (Lipinski definition) is 4. The average Bonchev–Trinajstić information content (AvgIpc) is 3.25. The van der Waals surface area contributed by atoms with Crippen LogP contribution in [-0.4, -0.2) is 16.1 Å². The van der Waals surface area contributed by atoms with E-state index < -0.39 is 0 Å². The lowest BCUT2D eigenvalue weighted by Crippen LogP contribution is -2.18. The second-order valence-corrected chi connectivity index (χ2v) is 7.17. The summed E-state index contributed by atoms with van der Waals surface area (Å²) in [6.07, 6.45) is 2.51. The standard InChI is InChI=1S/C17H12N2O2S2/c20-16-15(23-17(21)19-16)13(9-10-3-2-8-22-10)11-4-1-5-14-12(11)6-7-18-14/h1-8,18H,9H2,(H,19,20,21). The van der Waals surface area contributed by atoms with Crippen LogP contribution in [0.5, 0.6) is 0 Å². The molecule has 2 N–H and O–H groups in total. The summed E-state index contributed by atoms with van der Waals surface area (Å²) in [5.41, 5.74) is 2.90. The number of aromatic amines is 1. The normalized spacial score (nSPS) is 16.9. The number of carbonyl (C=O) groups excluding carboxylic acids is 2. The molecule has 1 aromatic carbocycles. The Kier molecular flexibility index (Phi) is 3.55. The summed E-state index contributed by atoms with van der Waals surface area (Å²) in [5, 5.41) is 5.12. The highest BCUT2D eigenvalue weighted by Crippen LogP contribution is 2.37. The summed E-state index contributed by atoms with van der Waals surface area (Å²) in [4.78, 5) is 28.6. The van der Waals surface area contributed by atoms with Crippen LogP contribution in [-0.2, 0) is 11.2 Å². The van der Waals surface area contributed by atoms with Crippen molar-refractivity contribution in [1.82, 2.24) is 10.3 Å². The van der Waals surface area contributed by atoms with Gasteiger partial charge in [0.05, 0.1) is 4.91 Å². The van der Waals surface area contributed by atoms with Crippen molar-refractivity contribution in [3.63, 3.8) is 0 Å². The van der Waals surface area contributed by atoms with Gasteiger partial charge >= 0.3 is 0 Å². The van der Waals surface area contributed by atoms with Crippen molar-refractivity contribution < 1.29 is 9.59 Å². The molecule has 0 saturated carbocycles. The molecule has 2 aromatic heterocycles. The van der Waals surface area contributed by atoms with E-state index in [0.717, 1.165) is 38.7 Å². The quantitative estimate of drug-likeness (QED) is 0.704. The fourth-order valence-electron chi connectivity index (χ4n) is 2.75. The van der Waals surface area contributed by atoms with Gasteiger partial charge in [0, 0.05) is 28.4 Å². The molecule has 4 nitrogen and oxygen atoms in total. The van der Waals surface area contributed by atoms with Gasteiger partial charge in [-0.15, -0.1) is 11.3 Å². The Hall–Kier alpha value is -2.31. The van der Waals surface area contributed by atoms with Gasteiger partial charge in [-0.25, -0.2) is 0 Å². The van der Waals surface area contributed by atoms with Crippen LogP contribution in [0.2, 0.25) is 0 Å². The summed E-state index contributed by atoms with van der Waals surface area (Å²) in [7, 11) is 0. The summed E-state index contributed by atoms with van der Waals surface area (Å²) < 4.78 is 0. The molecule has 0 atom stereocenters. The van der Waals surface area contributed by atoms with E-state index in [2.05, 4.69) is 10.3 Å². The Morgan fingerprint density at radius 2 is 2.00 bits per heavy atom. The van der Waals surface area contributed by atoms with Crippen LogP contribution in [0, 0.1) is 0 Å². The second-order valence-electron chi connectivity index (χ2n) is 5.15. The molecule has 1 aliphatic rings. The molecule has 4 rings (SSSR count). The van der Waals surface area contributed by atoms with Crippen molar-refractivity contribution >= 4 is 50.7 Å². The molecule has 1 aliphatic heterocycles. The summed E-state index contributed by atoms with van der Waals surface area (Å²) in [5.74, 6) is -0.306. The molecule has 23 heavy (non-hydrogen) atoms. The Morgan fingerprint density at radius 1 is 1.09 bits per heavy atom. The van der Waals surface area contributed by atoms with Gasteiger partial charge in [-0.2, -0.15) is 0 Å². The lowest BCUT2D eigenvalue weighted by molar-refractivity contribution is -0.115. The molecule has 1 fully saturated rings. The van der Waals surface area contributed by atoms with Crippen molar-refractivity contribution in [2.75, 3.05) is 0 Å². The fourth-order valence-corrected chi connectivity index (χ4v) is 4.24. The molecule has 0 unspecified atom stereocenters. The van der Waals surface area contributed by atoms with Gasteiger partial charge in [0.1, 0.15) is 0 Å². The third-order valence-corrected chi connectivity index (χ3v) is 5.54. The zero-order chi connectivity index (χ0) is 15.8.